The third-order valence-corrected chi connectivity index (χ3v) is 5.03. The first-order valence-corrected chi connectivity index (χ1v) is 8.73. The number of pyridine rings is 1. The lowest BCUT2D eigenvalue weighted by Gasteiger charge is -2.08. The van der Waals surface area contributed by atoms with Crippen molar-refractivity contribution in [1.29, 1.82) is 0 Å². The van der Waals surface area contributed by atoms with Gasteiger partial charge in [0.2, 0.25) is 0 Å². The number of anilines is 1. The Hall–Kier alpha value is -2.80. The van der Waals surface area contributed by atoms with E-state index in [1.54, 1.807) is 16.0 Å². The summed E-state index contributed by atoms with van der Waals surface area (Å²) in [5.74, 6) is -0.160. The molecule has 0 saturated heterocycles. The minimum atomic E-state index is -0.160. The molecule has 0 bridgehead atoms. The molecule has 0 spiro atoms. The van der Waals surface area contributed by atoms with E-state index in [-0.39, 0.29) is 5.91 Å². The molecule has 0 aliphatic heterocycles. The molecule has 0 saturated carbocycles. The summed E-state index contributed by atoms with van der Waals surface area (Å²) in [6, 6.07) is 7.57. The molecule has 3 heterocycles. The van der Waals surface area contributed by atoms with Crippen molar-refractivity contribution in [3.63, 3.8) is 0 Å². The van der Waals surface area contributed by atoms with Crippen LogP contribution in [0.3, 0.4) is 0 Å². The molecular weight excluding hydrogens is 334 g/mol. The number of aryl methyl sites for hydroxylation is 4. The Morgan fingerprint density at radius 3 is 2.76 bits per heavy atom. The monoisotopic (exact) mass is 351 g/mol. The lowest BCUT2D eigenvalue weighted by atomic mass is 10.1. The molecule has 7 heteroatoms. The lowest BCUT2D eigenvalue weighted by Crippen LogP contribution is -2.13. The third kappa shape index (κ3) is 2.66. The standard InChI is InChI=1S/C18H17N5OS/c1-9-7-13(16-10(2)22-23(4)17(16)19-9)18(24)21-12-5-6-14-15(8-12)25-11(3)20-14/h5-8H,1-4H3,(H,21,24). The summed E-state index contributed by atoms with van der Waals surface area (Å²) >= 11 is 1.61. The van der Waals surface area contributed by atoms with Gasteiger partial charge in [-0.2, -0.15) is 5.10 Å². The van der Waals surface area contributed by atoms with Crippen molar-refractivity contribution >= 4 is 44.2 Å². The van der Waals surface area contributed by atoms with E-state index >= 15 is 0 Å². The van der Waals surface area contributed by atoms with Crippen molar-refractivity contribution in [3.8, 4) is 0 Å². The van der Waals surface area contributed by atoms with Crippen LogP contribution in [0.15, 0.2) is 24.3 Å². The van der Waals surface area contributed by atoms with E-state index in [4.69, 9.17) is 0 Å². The van der Waals surface area contributed by atoms with Crippen LogP contribution < -0.4 is 5.32 Å². The van der Waals surface area contributed by atoms with E-state index in [9.17, 15) is 4.79 Å². The highest BCUT2D eigenvalue weighted by Crippen LogP contribution is 2.26. The average molecular weight is 351 g/mol. The van der Waals surface area contributed by atoms with Crippen LogP contribution >= 0.6 is 11.3 Å². The zero-order valence-corrected chi connectivity index (χ0v) is 15.2. The smallest absolute Gasteiger partial charge is 0.256 e. The number of hydrogen-bond acceptors (Lipinski definition) is 5. The molecular formula is C18H17N5OS. The molecule has 0 aliphatic rings. The number of nitrogens with zero attached hydrogens (tertiary/aromatic N) is 4. The largest absolute Gasteiger partial charge is 0.322 e. The van der Waals surface area contributed by atoms with E-state index in [0.29, 0.717) is 5.56 Å². The predicted octanol–water partition coefficient (Wildman–Crippen LogP) is 3.76. The maximum Gasteiger partial charge on any atom is 0.256 e. The number of rotatable bonds is 2. The minimum absolute atomic E-state index is 0.160. The average Bonchev–Trinajstić information content (AvgIpc) is 3.05. The summed E-state index contributed by atoms with van der Waals surface area (Å²) in [6.45, 7) is 5.75. The number of amides is 1. The third-order valence-electron chi connectivity index (χ3n) is 4.09. The number of aromatic nitrogens is 4. The summed E-state index contributed by atoms with van der Waals surface area (Å²) in [5.41, 5.74) is 4.60. The fourth-order valence-corrected chi connectivity index (χ4v) is 3.93. The zero-order valence-electron chi connectivity index (χ0n) is 14.4. The maximum absolute atomic E-state index is 12.9. The van der Waals surface area contributed by atoms with Crippen molar-refractivity contribution in [2.75, 3.05) is 5.32 Å². The number of hydrogen-bond donors (Lipinski definition) is 1. The van der Waals surface area contributed by atoms with Gasteiger partial charge in [0.25, 0.3) is 5.91 Å². The van der Waals surface area contributed by atoms with E-state index in [1.807, 2.05) is 52.1 Å². The number of fused-ring (bicyclic) bond motifs is 2. The molecule has 0 aliphatic carbocycles. The van der Waals surface area contributed by atoms with Crippen LogP contribution in [0, 0.1) is 20.8 Å². The Balaban J connectivity index is 1.76. The number of thiazole rings is 1. The molecule has 1 N–H and O–H groups in total. The SMILES string of the molecule is Cc1cc(C(=O)Nc2ccc3nc(C)sc3c2)c2c(C)nn(C)c2n1. The van der Waals surface area contributed by atoms with Crippen molar-refractivity contribution in [2.45, 2.75) is 20.8 Å². The number of carbonyl (C=O) groups is 1. The van der Waals surface area contributed by atoms with Crippen molar-refractivity contribution in [2.24, 2.45) is 7.05 Å². The lowest BCUT2D eigenvalue weighted by molar-refractivity contribution is 0.102. The fraction of sp³-hybridized carbons (Fsp3) is 0.222. The van der Waals surface area contributed by atoms with Gasteiger partial charge in [-0.3, -0.25) is 9.48 Å². The molecule has 0 fully saturated rings. The molecule has 126 valence electrons. The van der Waals surface area contributed by atoms with Gasteiger partial charge in [-0.15, -0.1) is 11.3 Å². The molecule has 0 unspecified atom stereocenters. The summed E-state index contributed by atoms with van der Waals surface area (Å²) < 4.78 is 2.77. The van der Waals surface area contributed by atoms with Gasteiger partial charge in [-0.05, 0) is 45.0 Å². The summed E-state index contributed by atoms with van der Waals surface area (Å²) in [4.78, 5) is 21.8. The van der Waals surface area contributed by atoms with Crippen molar-refractivity contribution in [3.05, 3.63) is 46.2 Å². The van der Waals surface area contributed by atoms with Gasteiger partial charge >= 0.3 is 0 Å². The Bertz CT molecular complexity index is 1140. The molecule has 1 amide bonds. The molecule has 4 aromatic rings. The second kappa shape index (κ2) is 5.63. The van der Waals surface area contributed by atoms with Crippen LogP contribution in [0.25, 0.3) is 21.3 Å². The van der Waals surface area contributed by atoms with Crippen molar-refractivity contribution in [1.82, 2.24) is 19.7 Å². The van der Waals surface area contributed by atoms with Gasteiger partial charge in [0, 0.05) is 18.4 Å². The quantitative estimate of drug-likeness (QED) is 0.597. The van der Waals surface area contributed by atoms with Gasteiger partial charge in [0.15, 0.2) is 5.65 Å². The second-order valence-electron chi connectivity index (χ2n) is 6.09. The molecule has 6 nitrogen and oxygen atoms in total. The number of carbonyl (C=O) groups excluding carboxylic acids is 1. The molecule has 4 rings (SSSR count). The Morgan fingerprint density at radius 2 is 1.96 bits per heavy atom. The highest BCUT2D eigenvalue weighted by Gasteiger charge is 2.18. The molecule has 0 atom stereocenters. The summed E-state index contributed by atoms with van der Waals surface area (Å²) in [7, 11) is 1.84. The normalized spacial score (nSPS) is 11.4. The summed E-state index contributed by atoms with van der Waals surface area (Å²) in [6.07, 6.45) is 0. The van der Waals surface area contributed by atoms with Gasteiger partial charge in [0.05, 0.1) is 31.9 Å². The predicted molar refractivity (Wildman–Crippen MR) is 100 cm³/mol. The highest BCUT2D eigenvalue weighted by atomic mass is 32.1. The van der Waals surface area contributed by atoms with Crippen LogP contribution in [0.1, 0.15) is 26.8 Å². The first kappa shape index (κ1) is 15.7. The molecule has 0 radical (unpaired) electrons. The number of nitrogens with one attached hydrogen (secondary N) is 1. The molecule has 3 aromatic heterocycles. The first-order valence-electron chi connectivity index (χ1n) is 7.92. The van der Waals surface area contributed by atoms with E-state index in [0.717, 1.165) is 43.3 Å². The van der Waals surface area contributed by atoms with Gasteiger partial charge in [0.1, 0.15) is 0 Å². The molecule has 25 heavy (non-hydrogen) atoms. The van der Waals surface area contributed by atoms with Gasteiger partial charge in [-0.25, -0.2) is 9.97 Å². The molecule has 1 aromatic carbocycles. The van der Waals surface area contributed by atoms with Crippen LogP contribution in [0.2, 0.25) is 0 Å². The van der Waals surface area contributed by atoms with Gasteiger partial charge in [-0.1, -0.05) is 0 Å². The van der Waals surface area contributed by atoms with Crippen LogP contribution in [-0.2, 0) is 7.05 Å². The topological polar surface area (TPSA) is 72.7 Å². The Kier molecular flexibility index (Phi) is 3.54. The van der Waals surface area contributed by atoms with Crippen LogP contribution in [-0.4, -0.2) is 25.7 Å². The van der Waals surface area contributed by atoms with Crippen LogP contribution in [0.4, 0.5) is 5.69 Å². The van der Waals surface area contributed by atoms with Gasteiger partial charge < -0.3 is 5.32 Å². The highest BCUT2D eigenvalue weighted by molar-refractivity contribution is 7.18. The van der Waals surface area contributed by atoms with Crippen molar-refractivity contribution < 1.29 is 4.79 Å². The minimum Gasteiger partial charge on any atom is -0.322 e. The second-order valence-corrected chi connectivity index (χ2v) is 7.32. The van der Waals surface area contributed by atoms with E-state index < -0.39 is 0 Å². The zero-order chi connectivity index (χ0) is 17.7. The fourth-order valence-electron chi connectivity index (χ4n) is 3.07. The number of benzene rings is 1. The first-order chi connectivity index (χ1) is 11.9. The van der Waals surface area contributed by atoms with E-state index in [1.165, 1.54) is 0 Å². The maximum atomic E-state index is 12.9. The van der Waals surface area contributed by atoms with Crippen LogP contribution in [0.5, 0.6) is 0 Å². The van der Waals surface area contributed by atoms with E-state index in [2.05, 4.69) is 20.4 Å². The Labute approximate surface area is 148 Å². The Morgan fingerprint density at radius 1 is 1.16 bits per heavy atom. The summed E-state index contributed by atoms with van der Waals surface area (Å²) in [5, 5.41) is 9.19.